The van der Waals surface area contributed by atoms with Crippen LogP contribution in [0.2, 0.25) is 0 Å². The third-order valence-corrected chi connectivity index (χ3v) is 4.78. The number of ether oxygens (including phenoxy) is 2. The van der Waals surface area contributed by atoms with Gasteiger partial charge in [-0.2, -0.15) is 8.42 Å². The normalized spacial score (nSPS) is 13.1. The molecule has 0 aromatic carbocycles. The molecule has 0 rings (SSSR count). The number of nitrogens with one attached hydrogen (secondary N) is 1. The molecule has 0 aromatic rings. The van der Waals surface area contributed by atoms with Gasteiger partial charge in [-0.05, 0) is 12.3 Å². The number of aliphatic hydroxyl groups is 1. The highest BCUT2D eigenvalue weighted by atomic mass is 32.2. The molecule has 11 heteroatoms. The van der Waals surface area contributed by atoms with Crippen molar-refractivity contribution < 1.29 is 41.6 Å². The van der Waals surface area contributed by atoms with Gasteiger partial charge in [0.1, 0.15) is 0 Å². The van der Waals surface area contributed by atoms with E-state index in [1.165, 1.54) is 20.8 Å². The second-order valence-corrected chi connectivity index (χ2v) is 9.21. The Morgan fingerprint density at radius 2 is 1.75 bits per heavy atom. The standard InChI is InChI=1S/C17H31NO9S/c1-12(2)9-14(20)25-11-26-16(22)15(21)17(4,5)10-27-28(23,24)8-6-7-18-13(3)19/h12,15,21H,6-11H2,1-5H3,(H,18,19)/t15-/m0/s1. The Morgan fingerprint density at radius 3 is 2.29 bits per heavy atom. The molecule has 0 aliphatic rings. The van der Waals surface area contributed by atoms with Crippen LogP contribution in [0.1, 0.15) is 47.5 Å². The highest BCUT2D eigenvalue weighted by Gasteiger charge is 2.36. The number of aliphatic hydroxyl groups excluding tert-OH is 1. The Morgan fingerprint density at radius 1 is 1.14 bits per heavy atom. The predicted molar refractivity (Wildman–Crippen MR) is 99.3 cm³/mol. The van der Waals surface area contributed by atoms with Gasteiger partial charge >= 0.3 is 11.9 Å². The molecule has 0 aliphatic carbocycles. The Kier molecular flexibility index (Phi) is 11.2. The van der Waals surface area contributed by atoms with Gasteiger partial charge in [-0.3, -0.25) is 13.8 Å². The van der Waals surface area contributed by atoms with Crippen LogP contribution in [-0.4, -0.2) is 63.2 Å². The SMILES string of the molecule is CC(=O)NCCCS(=O)(=O)OCC(C)(C)[C@@H](O)C(=O)OCOC(=O)CC(C)C. The lowest BCUT2D eigenvalue weighted by Gasteiger charge is -2.28. The number of hydrogen-bond donors (Lipinski definition) is 2. The Balaban J connectivity index is 4.40. The average Bonchev–Trinajstić information content (AvgIpc) is 2.55. The van der Waals surface area contributed by atoms with E-state index in [1.807, 2.05) is 13.8 Å². The maximum atomic E-state index is 11.9. The fourth-order valence-corrected chi connectivity index (χ4v) is 2.94. The van der Waals surface area contributed by atoms with Gasteiger partial charge in [0.05, 0.1) is 12.4 Å². The molecule has 1 amide bonds. The Bertz CT molecular complexity index is 629. The largest absolute Gasteiger partial charge is 0.428 e. The Labute approximate surface area is 166 Å². The summed E-state index contributed by atoms with van der Waals surface area (Å²) in [6.45, 7) is 6.91. The van der Waals surface area contributed by atoms with Crippen LogP contribution in [0, 0.1) is 11.3 Å². The first-order valence-corrected chi connectivity index (χ1v) is 10.5. The molecular weight excluding hydrogens is 394 g/mol. The van der Waals surface area contributed by atoms with E-state index < -0.39 is 47.0 Å². The van der Waals surface area contributed by atoms with E-state index in [9.17, 15) is 27.9 Å². The van der Waals surface area contributed by atoms with E-state index in [0.29, 0.717) is 0 Å². The van der Waals surface area contributed by atoms with Gasteiger partial charge in [-0.25, -0.2) is 4.79 Å². The van der Waals surface area contributed by atoms with Crippen molar-refractivity contribution in [3.05, 3.63) is 0 Å². The lowest BCUT2D eigenvalue weighted by molar-refractivity contribution is -0.178. The van der Waals surface area contributed by atoms with E-state index in [0.717, 1.165) is 0 Å². The van der Waals surface area contributed by atoms with Crippen LogP contribution in [0.5, 0.6) is 0 Å². The molecule has 0 unspecified atom stereocenters. The maximum absolute atomic E-state index is 11.9. The minimum Gasteiger partial charge on any atom is -0.428 e. The van der Waals surface area contributed by atoms with Crippen LogP contribution in [0.15, 0.2) is 0 Å². The molecule has 0 saturated heterocycles. The van der Waals surface area contributed by atoms with Crippen LogP contribution in [-0.2, 0) is 38.2 Å². The van der Waals surface area contributed by atoms with Crippen LogP contribution < -0.4 is 5.32 Å². The smallest absolute Gasteiger partial charge is 0.338 e. The zero-order valence-electron chi connectivity index (χ0n) is 17.0. The summed E-state index contributed by atoms with van der Waals surface area (Å²) >= 11 is 0. The molecule has 0 radical (unpaired) electrons. The van der Waals surface area contributed by atoms with Gasteiger partial charge in [0, 0.05) is 25.3 Å². The minimum absolute atomic E-state index is 0.0880. The van der Waals surface area contributed by atoms with Crippen molar-refractivity contribution in [3.63, 3.8) is 0 Å². The maximum Gasteiger partial charge on any atom is 0.338 e. The number of esters is 2. The molecule has 10 nitrogen and oxygen atoms in total. The minimum atomic E-state index is -3.90. The van der Waals surface area contributed by atoms with Gasteiger partial charge in [0.25, 0.3) is 10.1 Å². The van der Waals surface area contributed by atoms with Crippen molar-refractivity contribution in [2.45, 2.75) is 53.6 Å². The highest BCUT2D eigenvalue weighted by molar-refractivity contribution is 7.86. The third kappa shape index (κ3) is 11.9. The van der Waals surface area contributed by atoms with Gasteiger partial charge in [-0.15, -0.1) is 0 Å². The van der Waals surface area contributed by atoms with Crippen LogP contribution in [0.4, 0.5) is 0 Å². The summed E-state index contributed by atoms with van der Waals surface area (Å²) in [7, 11) is -3.90. The molecule has 0 aromatic heterocycles. The number of rotatable bonds is 13. The van der Waals surface area contributed by atoms with Crippen molar-refractivity contribution in [2.75, 3.05) is 25.7 Å². The molecule has 164 valence electrons. The van der Waals surface area contributed by atoms with Crippen molar-refractivity contribution in [2.24, 2.45) is 11.3 Å². The molecule has 28 heavy (non-hydrogen) atoms. The first kappa shape index (κ1) is 26.3. The molecule has 0 heterocycles. The fraction of sp³-hybridized carbons (Fsp3) is 0.824. The van der Waals surface area contributed by atoms with Crippen LogP contribution in [0.25, 0.3) is 0 Å². The first-order chi connectivity index (χ1) is 12.8. The van der Waals surface area contributed by atoms with Crippen LogP contribution >= 0.6 is 0 Å². The molecule has 0 fully saturated rings. The number of hydrogen-bond acceptors (Lipinski definition) is 9. The summed E-state index contributed by atoms with van der Waals surface area (Å²) < 4.78 is 38.0. The van der Waals surface area contributed by atoms with Gasteiger partial charge in [0.15, 0.2) is 6.10 Å². The topological polar surface area (TPSA) is 145 Å². The quantitative estimate of drug-likeness (QED) is 0.184. The molecule has 0 spiro atoms. The zero-order valence-corrected chi connectivity index (χ0v) is 17.8. The van der Waals surface area contributed by atoms with Gasteiger partial charge in [0.2, 0.25) is 12.7 Å². The summed E-state index contributed by atoms with van der Waals surface area (Å²) in [5.74, 6) is -2.10. The summed E-state index contributed by atoms with van der Waals surface area (Å²) in [4.78, 5) is 34.0. The first-order valence-electron chi connectivity index (χ1n) is 8.88. The fourth-order valence-electron chi connectivity index (χ4n) is 1.84. The molecule has 0 saturated carbocycles. The van der Waals surface area contributed by atoms with E-state index in [1.54, 1.807) is 0 Å². The summed E-state index contributed by atoms with van der Waals surface area (Å²) in [6.07, 6.45) is -1.36. The van der Waals surface area contributed by atoms with E-state index in [2.05, 4.69) is 5.32 Å². The molecule has 0 aliphatic heterocycles. The van der Waals surface area contributed by atoms with E-state index in [4.69, 9.17) is 13.7 Å². The summed E-state index contributed by atoms with van der Waals surface area (Å²) in [6, 6.07) is 0. The van der Waals surface area contributed by atoms with Gasteiger partial charge < -0.3 is 19.9 Å². The second kappa shape index (κ2) is 12.0. The zero-order chi connectivity index (χ0) is 22.0. The monoisotopic (exact) mass is 425 g/mol. The number of amides is 1. The molecule has 1 atom stereocenters. The molecule has 2 N–H and O–H groups in total. The number of carbonyl (C=O) groups is 3. The number of carbonyl (C=O) groups excluding carboxylic acids is 3. The highest BCUT2D eigenvalue weighted by Crippen LogP contribution is 2.23. The Hall–Kier alpha value is -1.72. The second-order valence-electron chi connectivity index (χ2n) is 7.45. The lowest BCUT2D eigenvalue weighted by Crippen LogP contribution is -2.42. The lowest BCUT2D eigenvalue weighted by atomic mass is 9.88. The summed E-state index contributed by atoms with van der Waals surface area (Å²) in [5, 5.41) is 12.6. The third-order valence-electron chi connectivity index (χ3n) is 3.52. The van der Waals surface area contributed by atoms with Gasteiger partial charge in [-0.1, -0.05) is 27.7 Å². The van der Waals surface area contributed by atoms with Crippen molar-refractivity contribution >= 4 is 28.0 Å². The molecule has 0 bridgehead atoms. The van der Waals surface area contributed by atoms with Crippen molar-refractivity contribution in [1.82, 2.24) is 5.32 Å². The van der Waals surface area contributed by atoms with E-state index in [-0.39, 0.29) is 37.0 Å². The van der Waals surface area contributed by atoms with E-state index >= 15 is 0 Å². The predicted octanol–water partition coefficient (Wildman–Crippen LogP) is 0.336. The average molecular weight is 426 g/mol. The summed E-state index contributed by atoms with van der Waals surface area (Å²) in [5.41, 5.74) is -1.27. The van der Waals surface area contributed by atoms with Crippen molar-refractivity contribution in [3.8, 4) is 0 Å². The van der Waals surface area contributed by atoms with Crippen molar-refractivity contribution in [1.29, 1.82) is 0 Å². The van der Waals surface area contributed by atoms with Crippen LogP contribution in [0.3, 0.4) is 0 Å². The molecular formula is C17H31NO9S.